The van der Waals surface area contributed by atoms with E-state index in [9.17, 15) is 4.79 Å². The SMILES string of the molecule is Cc1cc(C(=O)NCC2CCN(C(C)C)C2)cc(N)n1. The van der Waals surface area contributed by atoms with Crippen LogP contribution in [0.4, 0.5) is 5.82 Å². The third-order valence-corrected chi connectivity index (χ3v) is 3.83. The number of anilines is 1. The Bertz CT molecular complexity index is 467. The summed E-state index contributed by atoms with van der Waals surface area (Å²) < 4.78 is 0. The van der Waals surface area contributed by atoms with Gasteiger partial charge in [-0.1, -0.05) is 0 Å². The molecule has 2 heterocycles. The molecular formula is C15H24N4O. The lowest BCUT2D eigenvalue weighted by Gasteiger charge is -2.20. The van der Waals surface area contributed by atoms with Crippen molar-refractivity contribution in [3.05, 3.63) is 23.4 Å². The first-order valence-corrected chi connectivity index (χ1v) is 7.22. The van der Waals surface area contributed by atoms with Gasteiger partial charge in [0.1, 0.15) is 5.82 Å². The van der Waals surface area contributed by atoms with Gasteiger partial charge in [-0.25, -0.2) is 4.98 Å². The standard InChI is InChI=1S/C15H24N4O/c1-10(2)19-5-4-12(9-19)8-17-15(20)13-6-11(3)18-14(16)7-13/h6-7,10,12H,4-5,8-9H2,1-3H3,(H2,16,18)(H,17,20). The van der Waals surface area contributed by atoms with Crippen molar-refractivity contribution in [3.63, 3.8) is 0 Å². The van der Waals surface area contributed by atoms with Crippen molar-refractivity contribution in [2.24, 2.45) is 5.92 Å². The topological polar surface area (TPSA) is 71.2 Å². The predicted molar refractivity (Wildman–Crippen MR) is 80.5 cm³/mol. The van der Waals surface area contributed by atoms with Gasteiger partial charge in [0.2, 0.25) is 0 Å². The molecule has 0 aromatic carbocycles. The number of nitrogen functional groups attached to an aromatic ring is 1. The molecule has 110 valence electrons. The Hall–Kier alpha value is -1.62. The zero-order chi connectivity index (χ0) is 14.7. The van der Waals surface area contributed by atoms with E-state index in [-0.39, 0.29) is 5.91 Å². The summed E-state index contributed by atoms with van der Waals surface area (Å²) in [4.78, 5) is 18.6. The molecule has 1 atom stereocenters. The molecule has 1 saturated heterocycles. The Morgan fingerprint density at radius 3 is 2.90 bits per heavy atom. The van der Waals surface area contributed by atoms with Crippen molar-refractivity contribution in [2.75, 3.05) is 25.4 Å². The first kappa shape index (κ1) is 14.8. The second-order valence-electron chi connectivity index (χ2n) is 5.88. The summed E-state index contributed by atoms with van der Waals surface area (Å²) in [7, 11) is 0. The van der Waals surface area contributed by atoms with Gasteiger partial charge in [-0.3, -0.25) is 4.79 Å². The molecular weight excluding hydrogens is 252 g/mol. The van der Waals surface area contributed by atoms with E-state index in [2.05, 4.69) is 29.0 Å². The smallest absolute Gasteiger partial charge is 0.251 e. The van der Waals surface area contributed by atoms with Gasteiger partial charge in [-0.15, -0.1) is 0 Å². The van der Waals surface area contributed by atoms with E-state index in [1.807, 2.05) is 6.92 Å². The fourth-order valence-electron chi connectivity index (χ4n) is 2.66. The zero-order valence-electron chi connectivity index (χ0n) is 12.5. The predicted octanol–water partition coefficient (Wildman–Crippen LogP) is 1.43. The molecule has 1 unspecified atom stereocenters. The maximum absolute atomic E-state index is 12.1. The number of nitrogens with two attached hydrogens (primary N) is 1. The van der Waals surface area contributed by atoms with E-state index in [1.165, 1.54) is 0 Å². The average molecular weight is 276 g/mol. The number of aryl methyl sites for hydroxylation is 1. The second-order valence-corrected chi connectivity index (χ2v) is 5.88. The van der Waals surface area contributed by atoms with Crippen molar-refractivity contribution in [1.82, 2.24) is 15.2 Å². The van der Waals surface area contributed by atoms with Crippen LogP contribution in [-0.2, 0) is 0 Å². The highest BCUT2D eigenvalue weighted by Gasteiger charge is 2.24. The van der Waals surface area contributed by atoms with Gasteiger partial charge < -0.3 is 16.0 Å². The van der Waals surface area contributed by atoms with Crippen molar-refractivity contribution < 1.29 is 4.79 Å². The van der Waals surface area contributed by atoms with Gasteiger partial charge in [0.25, 0.3) is 5.91 Å². The molecule has 1 fully saturated rings. The van der Waals surface area contributed by atoms with Crippen LogP contribution in [0.1, 0.15) is 36.3 Å². The third-order valence-electron chi connectivity index (χ3n) is 3.83. The minimum Gasteiger partial charge on any atom is -0.384 e. The van der Waals surface area contributed by atoms with Crippen molar-refractivity contribution in [1.29, 1.82) is 0 Å². The molecule has 1 aromatic heterocycles. The van der Waals surface area contributed by atoms with Gasteiger partial charge in [0.05, 0.1) is 0 Å². The van der Waals surface area contributed by atoms with Crippen LogP contribution in [0.25, 0.3) is 0 Å². The molecule has 0 radical (unpaired) electrons. The molecule has 1 aliphatic rings. The summed E-state index contributed by atoms with van der Waals surface area (Å²) in [5.74, 6) is 0.869. The number of nitrogens with zero attached hydrogens (tertiary/aromatic N) is 2. The van der Waals surface area contributed by atoms with Crippen molar-refractivity contribution >= 4 is 11.7 Å². The number of carbonyl (C=O) groups is 1. The molecule has 5 heteroatoms. The summed E-state index contributed by atoms with van der Waals surface area (Å²) in [6, 6.07) is 3.97. The van der Waals surface area contributed by atoms with E-state index in [1.54, 1.807) is 12.1 Å². The van der Waals surface area contributed by atoms with Gasteiger partial charge >= 0.3 is 0 Å². The van der Waals surface area contributed by atoms with Crippen molar-refractivity contribution in [2.45, 2.75) is 33.2 Å². The number of nitrogens with one attached hydrogen (secondary N) is 1. The van der Waals surface area contributed by atoms with Crippen LogP contribution in [-0.4, -0.2) is 41.5 Å². The maximum Gasteiger partial charge on any atom is 0.251 e. The molecule has 1 amide bonds. The Balaban J connectivity index is 1.87. The number of amides is 1. The summed E-state index contributed by atoms with van der Waals surface area (Å²) >= 11 is 0. The van der Waals surface area contributed by atoms with E-state index in [4.69, 9.17) is 5.73 Å². The molecule has 5 nitrogen and oxygen atoms in total. The first-order valence-electron chi connectivity index (χ1n) is 7.22. The van der Waals surface area contributed by atoms with Crippen LogP contribution in [0.2, 0.25) is 0 Å². The van der Waals surface area contributed by atoms with Crippen LogP contribution in [0.5, 0.6) is 0 Å². The van der Waals surface area contributed by atoms with Crippen LogP contribution < -0.4 is 11.1 Å². The van der Waals surface area contributed by atoms with E-state index >= 15 is 0 Å². The monoisotopic (exact) mass is 276 g/mol. The van der Waals surface area contributed by atoms with Gasteiger partial charge in [-0.05, 0) is 51.8 Å². The minimum atomic E-state index is -0.0646. The van der Waals surface area contributed by atoms with Crippen LogP contribution in [0.3, 0.4) is 0 Å². The van der Waals surface area contributed by atoms with Gasteiger partial charge in [-0.2, -0.15) is 0 Å². The lowest BCUT2D eigenvalue weighted by atomic mass is 10.1. The van der Waals surface area contributed by atoms with Gasteiger partial charge in [0.15, 0.2) is 0 Å². The summed E-state index contributed by atoms with van der Waals surface area (Å²) in [6.07, 6.45) is 1.15. The number of pyridine rings is 1. The zero-order valence-corrected chi connectivity index (χ0v) is 12.5. The molecule has 1 aliphatic heterocycles. The molecule has 0 bridgehead atoms. The highest BCUT2D eigenvalue weighted by atomic mass is 16.1. The number of aromatic nitrogens is 1. The average Bonchev–Trinajstić information content (AvgIpc) is 2.83. The van der Waals surface area contributed by atoms with E-state index in [0.717, 1.165) is 31.7 Å². The Kier molecular flexibility index (Phi) is 4.60. The largest absolute Gasteiger partial charge is 0.384 e. The highest BCUT2D eigenvalue weighted by molar-refractivity contribution is 5.94. The molecule has 1 aromatic rings. The molecule has 0 saturated carbocycles. The quantitative estimate of drug-likeness (QED) is 0.873. The Morgan fingerprint density at radius 1 is 1.55 bits per heavy atom. The third kappa shape index (κ3) is 3.70. The normalized spacial score (nSPS) is 19.5. The van der Waals surface area contributed by atoms with Crippen LogP contribution >= 0.6 is 0 Å². The summed E-state index contributed by atoms with van der Waals surface area (Å²) in [5.41, 5.74) is 7.03. The number of hydrogen-bond donors (Lipinski definition) is 2. The molecule has 20 heavy (non-hydrogen) atoms. The fraction of sp³-hybridized carbons (Fsp3) is 0.600. The second kappa shape index (κ2) is 6.22. The first-order chi connectivity index (χ1) is 9.45. The molecule has 0 aliphatic carbocycles. The van der Waals surface area contributed by atoms with Crippen molar-refractivity contribution in [3.8, 4) is 0 Å². The molecule has 0 spiro atoms. The van der Waals surface area contributed by atoms with E-state index in [0.29, 0.717) is 23.3 Å². The maximum atomic E-state index is 12.1. The Morgan fingerprint density at radius 2 is 2.30 bits per heavy atom. The number of likely N-dealkylation sites (tertiary alicyclic amines) is 1. The summed E-state index contributed by atoms with van der Waals surface area (Å²) in [6.45, 7) is 9.18. The van der Waals surface area contributed by atoms with Gasteiger partial charge in [0, 0.05) is 30.4 Å². The fourth-order valence-corrected chi connectivity index (χ4v) is 2.66. The lowest BCUT2D eigenvalue weighted by Crippen LogP contribution is -2.33. The molecule has 3 N–H and O–H groups in total. The lowest BCUT2D eigenvalue weighted by molar-refractivity contribution is 0.0947. The number of rotatable bonds is 4. The van der Waals surface area contributed by atoms with Crippen LogP contribution in [0, 0.1) is 12.8 Å². The summed E-state index contributed by atoms with van der Waals surface area (Å²) in [5, 5.41) is 3.01. The van der Waals surface area contributed by atoms with E-state index < -0.39 is 0 Å². The highest BCUT2D eigenvalue weighted by Crippen LogP contribution is 2.17. The number of hydrogen-bond acceptors (Lipinski definition) is 4. The number of carbonyl (C=O) groups excluding carboxylic acids is 1. The minimum absolute atomic E-state index is 0.0646. The van der Waals surface area contributed by atoms with Crippen LogP contribution in [0.15, 0.2) is 12.1 Å². The Labute approximate surface area is 120 Å². The molecule has 2 rings (SSSR count).